The average molecular weight is 280 g/mol. The maximum absolute atomic E-state index is 4.44. The summed E-state index contributed by atoms with van der Waals surface area (Å²) in [6, 6.07) is 13.6. The van der Waals surface area contributed by atoms with Crippen LogP contribution in [0, 0.1) is 6.92 Å². The molecule has 1 heterocycles. The van der Waals surface area contributed by atoms with Gasteiger partial charge in [0.2, 0.25) is 0 Å². The van der Waals surface area contributed by atoms with Gasteiger partial charge in [0.1, 0.15) is 0 Å². The second kappa shape index (κ2) is 6.40. The van der Waals surface area contributed by atoms with Crippen LogP contribution in [0.2, 0.25) is 0 Å². The molecule has 2 nitrogen and oxygen atoms in total. The van der Waals surface area contributed by atoms with Gasteiger partial charge in [-0.1, -0.05) is 43.7 Å². The van der Waals surface area contributed by atoms with Crippen molar-refractivity contribution < 1.29 is 0 Å². The highest BCUT2D eigenvalue weighted by Crippen LogP contribution is 2.36. The molecular formula is C19H24N2. The highest BCUT2D eigenvalue weighted by molar-refractivity contribution is 5.36. The molecule has 0 spiro atoms. The van der Waals surface area contributed by atoms with Gasteiger partial charge in [0, 0.05) is 11.9 Å². The van der Waals surface area contributed by atoms with Gasteiger partial charge in [-0.2, -0.15) is 0 Å². The Balaban J connectivity index is 1.88. The second-order valence-electron chi connectivity index (χ2n) is 5.96. The van der Waals surface area contributed by atoms with Crippen molar-refractivity contribution in [3.05, 3.63) is 65.0 Å². The number of hydrogen-bond donors (Lipinski definition) is 1. The van der Waals surface area contributed by atoms with Gasteiger partial charge < -0.3 is 5.32 Å². The average Bonchev–Trinajstić information content (AvgIpc) is 2.45. The van der Waals surface area contributed by atoms with Gasteiger partial charge in [-0.15, -0.1) is 0 Å². The first-order valence-corrected chi connectivity index (χ1v) is 8.04. The molecule has 1 N–H and O–H groups in total. The molecule has 0 saturated heterocycles. The van der Waals surface area contributed by atoms with Crippen LogP contribution in [-0.2, 0) is 0 Å². The van der Waals surface area contributed by atoms with E-state index in [1.54, 1.807) is 0 Å². The molecule has 0 bridgehead atoms. The third kappa shape index (κ3) is 3.01. The highest BCUT2D eigenvalue weighted by Gasteiger charge is 2.20. The number of pyridine rings is 1. The number of nitrogens with one attached hydrogen (secondary N) is 1. The predicted molar refractivity (Wildman–Crippen MR) is 87.5 cm³/mol. The summed E-state index contributed by atoms with van der Waals surface area (Å²) >= 11 is 0. The topological polar surface area (TPSA) is 24.9 Å². The van der Waals surface area contributed by atoms with Gasteiger partial charge >= 0.3 is 0 Å². The maximum atomic E-state index is 4.44. The van der Waals surface area contributed by atoms with E-state index in [1.165, 1.54) is 36.0 Å². The summed E-state index contributed by atoms with van der Waals surface area (Å²) in [5.74, 6) is 0.803. The van der Waals surface area contributed by atoms with Gasteiger partial charge in [0.25, 0.3) is 0 Å². The first-order valence-electron chi connectivity index (χ1n) is 8.04. The predicted octanol–water partition coefficient (Wildman–Crippen LogP) is 4.36. The van der Waals surface area contributed by atoms with E-state index < -0.39 is 0 Å². The fraction of sp³-hybridized carbons (Fsp3) is 0.421. The van der Waals surface area contributed by atoms with Gasteiger partial charge in [-0.25, -0.2) is 0 Å². The molecule has 0 amide bonds. The third-order valence-electron chi connectivity index (χ3n) is 4.61. The number of nitrogens with zero attached hydrogens (tertiary/aromatic N) is 1. The number of benzene rings is 1. The van der Waals surface area contributed by atoms with Crippen LogP contribution in [0.4, 0.5) is 0 Å². The van der Waals surface area contributed by atoms with Crippen LogP contribution in [0.3, 0.4) is 0 Å². The van der Waals surface area contributed by atoms with Crippen molar-refractivity contribution in [1.29, 1.82) is 0 Å². The van der Waals surface area contributed by atoms with Gasteiger partial charge in [-0.3, -0.25) is 4.98 Å². The van der Waals surface area contributed by atoms with E-state index >= 15 is 0 Å². The third-order valence-corrected chi connectivity index (χ3v) is 4.61. The summed E-state index contributed by atoms with van der Waals surface area (Å²) < 4.78 is 0. The van der Waals surface area contributed by atoms with E-state index in [0.29, 0.717) is 0 Å². The van der Waals surface area contributed by atoms with Crippen LogP contribution in [0.15, 0.2) is 42.6 Å². The molecule has 1 aliphatic carbocycles. The lowest BCUT2D eigenvalue weighted by Crippen LogP contribution is -2.23. The molecule has 2 aromatic rings. The number of rotatable bonds is 5. The molecule has 1 aromatic heterocycles. The van der Waals surface area contributed by atoms with E-state index in [-0.39, 0.29) is 6.04 Å². The Hall–Kier alpha value is -1.67. The maximum Gasteiger partial charge on any atom is 0.0594 e. The fourth-order valence-electron chi connectivity index (χ4n) is 3.12. The van der Waals surface area contributed by atoms with Crippen molar-refractivity contribution in [2.45, 2.75) is 45.1 Å². The molecule has 1 fully saturated rings. The molecule has 0 aliphatic heterocycles. The van der Waals surface area contributed by atoms with Gasteiger partial charge in [0.15, 0.2) is 0 Å². The lowest BCUT2D eigenvalue weighted by molar-refractivity contribution is 0.419. The highest BCUT2D eigenvalue weighted by atomic mass is 14.9. The molecule has 2 heteroatoms. The summed E-state index contributed by atoms with van der Waals surface area (Å²) in [5.41, 5.74) is 5.21. The fourth-order valence-corrected chi connectivity index (χ4v) is 3.12. The first kappa shape index (κ1) is 14.3. The van der Waals surface area contributed by atoms with E-state index in [0.717, 1.165) is 18.2 Å². The lowest BCUT2D eigenvalue weighted by Gasteiger charge is -2.26. The molecule has 110 valence electrons. The standard InChI is InChI=1S/C19H24N2/c1-3-20-19(18-8-5-13-21-14(18)2)17-11-9-16(10-12-17)15-6-4-7-15/h5,8-13,15,19-20H,3-4,6-7H2,1-2H3. The summed E-state index contributed by atoms with van der Waals surface area (Å²) in [4.78, 5) is 4.44. The lowest BCUT2D eigenvalue weighted by atomic mass is 9.79. The summed E-state index contributed by atoms with van der Waals surface area (Å²) in [5, 5.41) is 3.59. The van der Waals surface area contributed by atoms with Gasteiger partial charge in [0.05, 0.1) is 6.04 Å². The Bertz CT molecular complexity index is 585. The summed E-state index contributed by atoms with van der Waals surface area (Å²) in [7, 11) is 0. The Morgan fingerprint density at radius 2 is 1.95 bits per heavy atom. The first-order chi connectivity index (χ1) is 10.3. The van der Waals surface area contributed by atoms with Crippen LogP contribution in [0.5, 0.6) is 0 Å². The van der Waals surface area contributed by atoms with Crippen molar-refractivity contribution >= 4 is 0 Å². The Morgan fingerprint density at radius 1 is 1.19 bits per heavy atom. The molecule has 0 radical (unpaired) electrons. The minimum Gasteiger partial charge on any atom is -0.306 e. The Labute approximate surface area is 127 Å². The van der Waals surface area contributed by atoms with Crippen LogP contribution < -0.4 is 5.32 Å². The second-order valence-corrected chi connectivity index (χ2v) is 5.96. The SMILES string of the molecule is CCNC(c1ccc(C2CCC2)cc1)c1cccnc1C. The number of hydrogen-bond acceptors (Lipinski definition) is 2. The minimum atomic E-state index is 0.235. The Kier molecular flexibility index (Phi) is 4.35. The van der Waals surface area contributed by atoms with Crippen molar-refractivity contribution in [2.75, 3.05) is 6.54 Å². The summed E-state index contributed by atoms with van der Waals surface area (Å²) in [6.45, 7) is 5.19. The van der Waals surface area contributed by atoms with Crippen LogP contribution in [-0.4, -0.2) is 11.5 Å². The van der Waals surface area contributed by atoms with E-state index in [2.05, 4.69) is 54.5 Å². The largest absolute Gasteiger partial charge is 0.306 e. The summed E-state index contributed by atoms with van der Waals surface area (Å²) in [6.07, 6.45) is 5.97. The minimum absolute atomic E-state index is 0.235. The van der Waals surface area contributed by atoms with Crippen LogP contribution >= 0.6 is 0 Å². The van der Waals surface area contributed by atoms with Crippen LogP contribution in [0.1, 0.15) is 60.5 Å². The monoisotopic (exact) mass is 280 g/mol. The van der Waals surface area contributed by atoms with Crippen LogP contribution in [0.25, 0.3) is 0 Å². The molecule has 1 unspecified atom stereocenters. The zero-order valence-electron chi connectivity index (χ0n) is 13.0. The zero-order valence-corrected chi connectivity index (χ0v) is 13.0. The molecule has 1 aromatic carbocycles. The molecule has 1 aliphatic rings. The number of aromatic nitrogens is 1. The van der Waals surface area contributed by atoms with Crippen molar-refractivity contribution in [1.82, 2.24) is 10.3 Å². The van der Waals surface area contributed by atoms with E-state index in [1.807, 2.05) is 12.3 Å². The molecule has 21 heavy (non-hydrogen) atoms. The van der Waals surface area contributed by atoms with Crippen molar-refractivity contribution in [3.8, 4) is 0 Å². The smallest absolute Gasteiger partial charge is 0.0594 e. The molecular weight excluding hydrogens is 256 g/mol. The normalized spacial score (nSPS) is 16.5. The number of aryl methyl sites for hydroxylation is 1. The van der Waals surface area contributed by atoms with Gasteiger partial charge in [-0.05, 0) is 55.0 Å². The molecule has 1 atom stereocenters. The molecule has 3 rings (SSSR count). The van der Waals surface area contributed by atoms with Crippen molar-refractivity contribution in [3.63, 3.8) is 0 Å². The Morgan fingerprint density at radius 3 is 2.52 bits per heavy atom. The molecule has 1 saturated carbocycles. The zero-order chi connectivity index (χ0) is 14.7. The quantitative estimate of drug-likeness (QED) is 0.880. The van der Waals surface area contributed by atoms with E-state index in [4.69, 9.17) is 0 Å². The van der Waals surface area contributed by atoms with E-state index in [9.17, 15) is 0 Å². The van der Waals surface area contributed by atoms with Crippen molar-refractivity contribution in [2.24, 2.45) is 0 Å².